The maximum Gasteiger partial charge on any atom is 0.419 e. The van der Waals surface area contributed by atoms with Crippen LogP contribution in [0.2, 0.25) is 0 Å². The van der Waals surface area contributed by atoms with Crippen molar-refractivity contribution in [2.45, 2.75) is 13.1 Å². The maximum absolute atomic E-state index is 13.7. The van der Waals surface area contributed by atoms with Crippen molar-refractivity contribution in [3.05, 3.63) is 53.6 Å². The van der Waals surface area contributed by atoms with Gasteiger partial charge >= 0.3 is 6.18 Å². The first-order chi connectivity index (χ1) is 11.3. The number of H-pyrrole nitrogens is 1. The first kappa shape index (κ1) is 16.1. The average Bonchev–Trinajstić information content (AvgIpc) is 2.94. The Bertz CT molecular complexity index is 908. The first-order valence-corrected chi connectivity index (χ1v) is 7.20. The lowest BCUT2D eigenvalue weighted by Gasteiger charge is -2.11. The molecule has 0 spiro atoms. The number of halogens is 3. The fourth-order valence-electron chi connectivity index (χ4n) is 2.80. The summed E-state index contributed by atoms with van der Waals surface area (Å²) in [4.78, 5) is 14.6. The molecule has 0 aliphatic rings. The third-order valence-electron chi connectivity index (χ3n) is 3.87. The van der Waals surface area contributed by atoms with Gasteiger partial charge in [0.25, 0.3) is 0 Å². The van der Waals surface area contributed by atoms with Gasteiger partial charge in [-0.25, -0.2) is 0 Å². The number of aromatic amines is 1. The number of methoxy groups -OCH3 is 1. The van der Waals surface area contributed by atoms with Gasteiger partial charge in [-0.1, -0.05) is 12.1 Å². The van der Waals surface area contributed by atoms with E-state index in [-0.39, 0.29) is 22.2 Å². The molecule has 0 radical (unpaired) electrons. The van der Waals surface area contributed by atoms with Crippen LogP contribution in [-0.2, 0) is 6.18 Å². The van der Waals surface area contributed by atoms with E-state index >= 15 is 0 Å². The van der Waals surface area contributed by atoms with Gasteiger partial charge in [0.1, 0.15) is 5.75 Å². The molecule has 1 N–H and O–H groups in total. The van der Waals surface area contributed by atoms with Crippen LogP contribution in [0.15, 0.2) is 42.5 Å². The van der Waals surface area contributed by atoms with Gasteiger partial charge in [0.05, 0.1) is 18.4 Å². The Kier molecular flexibility index (Phi) is 3.83. The van der Waals surface area contributed by atoms with Crippen molar-refractivity contribution in [1.82, 2.24) is 4.98 Å². The quantitative estimate of drug-likeness (QED) is 0.680. The van der Waals surface area contributed by atoms with Crippen LogP contribution in [0.1, 0.15) is 22.8 Å². The largest absolute Gasteiger partial charge is 0.497 e. The summed E-state index contributed by atoms with van der Waals surface area (Å²) in [5.74, 6) is 0.138. The molecule has 2 aromatic carbocycles. The molecule has 24 heavy (non-hydrogen) atoms. The highest BCUT2D eigenvalue weighted by Gasteiger charge is 2.38. The van der Waals surface area contributed by atoms with E-state index in [1.165, 1.54) is 26.2 Å². The second-order valence-corrected chi connectivity index (χ2v) is 5.39. The number of fused-ring (bicyclic) bond motifs is 1. The Balaban J connectivity index is 2.35. The molecule has 6 heteroatoms. The molecular weight excluding hydrogens is 319 g/mol. The molecule has 124 valence electrons. The lowest BCUT2D eigenvalue weighted by Crippen LogP contribution is -2.07. The minimum Gasteiger partial charge on any atom is -0.497 e. The van der Waals surface area contributed by atoms with Crippen LogP contribution in [-0.4, -0.2) is 17.9 Å². The summed E-state index contributed by atoms with van der Waals surface area (Å²) in [6.45, 7) is 1.26. The molecule has 0 saturated carbocycles. The van der Waals surface area contributed by atoms with E-state index in [1.807, 2.05) is 0 Å². The van der Waals surface area contributed by atoms with Crippen LogP contribution < -0.4 is 4.74 Å². The summed E-state index contributed by atoms with van der Waals surface area (Å²) < 4.78 is 46.2. The Morgan fingerprint density at radius 3 is 2.29 bits per heavy atom. The Morgan fingerprint density at radius 1 is 1.08 bits per heavy atom. The second kappa shape index (κ2) is 5.70. The average molecular weight is 333 g/mol. The zero-order chi connectivity index (χ0) is 17.5. The number of hydrogen-bond donors (Lipinski definition) is 1. The smallest absolute Gasteiger partial charge is 0.419 e. The van der Waals surface area contributed by atoms with Gasteiger partial charge in [0.15, 0.2) is 5.78 Å². The van der Waals surface area contributed by atoms with E-state index in [0.29, 0.717) is 11.3 Å². The third-order valence-corrected chi connectivity index (χ3v) is 3.87. The minimum absolute atomic E-state index is 0.0517. The highest BCUT2D eigenvalue weighted by Crippen LogP contribution is 2.43. The molecule has 0 aliphatic carbocycles. The van der Waals surface area contributed by atoms with Crippen LogP contribution in [0.4, 0.5) is 13.2 Å². The molecule has 0 saturated heterocycles. The Hall–Kier alpha value is -2.76. The van der Waals surface area contributed by atoms with Gasteiger partial charge in [-0.2, -0.15) is 13.2 Å². The van der Waals surface area contributed by atoms with E-state index in [1.54, 1.807) is 30.3 Å². The van der Waals surface area contributed by atoms with Crippen LogP contribution in [0.5, 0.6) is 5.75 Å². The highest BCUT2D eigenvalue weighted by molar-refractivity contribution is 6.09. The molecule has 3 rings (SSSR count). The number of aromatic nitrogens is 1. The fourth-order valence-corrected chi connectivity index (χ4v) is 2.80. The maximum atomic E-state index is 13.7. The molecule has 3 aromatic rings. The van der Waals surface area contributed by atoms with Gasteiger partial charge < -0.3 is 9.72 Å². The molecule has 0 bridgehead atoms. The Morgan fingerprint density at radius 2 is 1.75 bits per heavy atom. The molecule has 0 fully saturated rings. The lowest BCUT2D eigenvalue weighted by molar-refractivity contribution is -0.135. The zero-order valence-corrected chi connectivity index (χ0v) is 13.0. The van der Waals surface area contributed by atoms with Crippen LogP contribution in [0.25, 0.3) is 22.2 Å². The zero-order valence-electron chi connectivity index (χ0n) is 13.0. The monoisotopic (exact) mass is 333 g/mol. The molecule has 0 atom stereocenters. The topological polar surface area (TPSA) is 42.1 Å². The van der Waals surface area contributed by atoms with Gasteiger partial charge in [-0.15, -0.1) is 0 Å². The SMILES string of the molecule is COc1ccc(-c2[nH]c3cccc(C(C)=O)c3c2C(F)(F)F)cc1. The normalized spacial score (nSPS) is 11.7. The molecule has 1 aromatic heterocycles. The summed E-state index contributed by atoms with van der Waals surface area (Å²) in [6.07, 6.45) is -4.60. The summed E-state index contributed by atoms with van der Waals surface area (Å²) in [5, 5.41) is -0.0941. The number of carbonyl (C=O) groups excluding carboxylic acids is 1. The third kappa shape index (κ3) is 2.64. The van der Waals surface area contributed by atoms with Crippen molar-refractivity contribution in [3.8, 4) is 17.0 Å². The number of ketones is 1. The molecule has 1 heterocycles. The van der Waals surface area contributed by atoms with Crippen LogP contribution in [0.3, 0.4) is 0 Å². The van der Waals surface area contributed by atoms with Crippen molar-refractivity contribution in [2.24, 2.45) is 0 Å². The number of alkyl halides is 3. The first-order valence-electron chi connectivity index (χ1n) is 7.20. The van der Waals surface area contributed by atoms with Crippen LogP contribution >= 0.6 is 0 Å². The number of rotatable bonds is 3. The van der Waals surface area contributed by atoms with E-state index in [9.17, 15) is 18.0 Å². The van der Waals surface area contributed by atoms with E-state index in [2.05, 4.69) is 4.98 Å². The molecule has 3 nitrogen and oxygen atoms in total. The van der Waals surface area contributed by atoms with E-state index in [0.717, 1.165) is 0 Å². The minimum atomic E-state index is -4.60. The van der Waals surface area contributed by atoms with Crippen molar-refractivity contribution in [2.75, 3.05) is 7.11 Å². The predicted molar refractivity (Wildman–Crippen MR) is 85.3 cm³/mol. The van der Waals surface area contributed by atoms with Crippen molar-refractivity contribution in [3.63, 3.8) is 0 Å². The van der Waals surface area contributed by atoms with Crippen molar-refractivity contribution >= 4 is 16.7 Å². The van der Waals surface area contributed by atoms with Gasteiger partial charge in [-0.05, 0) is 42.8 Å². The number of nitrogens with one attached hydrogen (secondary N) is 1. The van der Waals surface area contributed by atoms with Gasteiger partial charge in [-0.3, -0.25) is 4.79 Å². The molecule has 0 amide bonds. The molecular formula is C18H14F3NO2. The van der Waals surface area contributed by atoms with E-state index < -0.39 is 17.5 Å². The number of ether oxygens (including phenoxy) is 1. The number of carbonyl (C=O) groups is 1. The summed E-state index contributed by atoms with van der Waals surface area (Å²) in [6, 6.07) is 10.8. The van der Waals surface area contributed by atoms with E-state index in [4.69, 9.17) is 4.74 Å². The van der Waals surface area contributed by atoms with Gasteiger partial charge in [0.2, 0.25) is 0 Å². The second-order valence-electron chi connectivity index (χ2n) is 5.39. The molecule has 0 unspecified atom stereocenters. The lowest BCUT2D eigenvalue weighted by atomic mass is 9.99. The van der Waals surface area contributed by atoms with Crippen molar-refractivity contribution in [1.29, 1.82) is 0 Å². The number of hydrogen-bond acceptors (Lipinski definition) is 2. The standard InChI is InChI=1S/C18H14F3NO2/c1-10(23)13-4-3-5-14-15(13)16(18(19,20)21)17(22-14)11-6-8-12(24-2)9-7-11/h3-9,22H,1-2H3. The number of Topliss-reactive ketones (excluding diaryl/α,β-unsaturated/α-hetero) is 1. The summed E-state index contributed by atoms with van der Waals surface area (Å²) >= 11 is 0. The molecule has 0 aliphatic heterocycles. The van der Waals surface area contributed by atoms with Gasteiger partial charge in [0, 0.05) is 16.5 Å². The predicted octanol–water partition coefficient (Wildman–Crippen LogP) is 5.06. The summed E-state index contributed by atoms with van der Waals surface area (Å²) in [7, 11) is 1.48. The Labute approximate surface area is 136 Å². The summed E-state index contributed by atoms with van der Waals surface area (Å²) in [5.41, 5.74) is -0.187. The van der Waals surface area contributed by atoms with Crippen molar-refractivity contribution < 1.29 is 22.7 Å². The van der Waals surface area contributed by atoms with Crippen LogP contribution in [0, 0.1) is 0 Å². The highest BCUT2D eigenvalue weighted by atomic mass is 19.4. The number of benzene rings is 2. The fraction of sp³-hybridized carbons (Fsp3) is 0.167.